The molecule has 0 radical (unpaired) electrons. The van der Waals surface area contributed by atoms with E-state index in [1.807, 2.05) is 13.8 Å². The molecule has 1 aliphatic carbocycles. The Kier molecular flexibility index (Phi) is 4.76. The van der Waals surface area contributed by atoms with Gasteiger partial charge in [-0.25, -0.2) is 4.39 Å². The van der Waals surface area contributed by atoms with Crippen LogP contribution in [-0.2, 0) is 0 Å². The van der Waals surface area contributed by atoms with Crippen LogP contribution in [0.4, 0.5) is 4.39 Å². The standard InChI is InChI=1S/C16H23FN2O/c1-3-19(13-7-5-12(18)6-8-13)16(20)14-10-11(2)4-9-15(14)17/h4,9-10,12-13H,3,5-8,18H2,1-2H3. The molecule has 1 aromatic rings. The molecule has 1 amide bonds. The summed E-state index contributed by atoms with van der Waals surface area (Å²) < 4.78 is 13.9. The van der Waals surface area contributed by atoms with Gasteiger partial charge in [0.25, 0.3) is 5.91 Å². The van der Waals surface area contributed by atoms with Gasteiger partial charge >= 0.3 is 0 Å². The minimum Gasteiger partial charge on any atom is -0.336 e. The summed E-state index contributed by atoms with van der Waals surface area (Å²) in [6, 6.07) is 5.12. The van der Waals surface area contributed by atoms with Crippen molar-refractivity contribution in [1.29, 1.82) is 0 Å². The Labute approximate surface area is 120 Å². The lowest BCUT2D eigenvalue weighted by atomic mass is 9.90. The molecule has 1 saturated carbocycles. The van der Waals surface area contributed by atoms with Crippen molar-refractivity contribution in [3.63, 3.8) is 0 Å². The maximum absolute atomic E-state index is 13.9. The molecule has 110 valence electrons. The lowest BCUT2D eigenvalue weighted by Gasteiger charge is -2.35. The molecule has 0 unspecified atom stereocenters. The monoisotopic (exact) mass is 278 g/mol. The molecule has 1 aromatic carbocycles. The fourth-order valence-electron chi connectivity index (χ4n) is 2.94. The molecule has 0 aromatic heterocycles. The zero-order chi connectivity index (χ0) is 14.7. The summed E-state index contributed by atoms with van der Waals surface area (Å²) in [5, 5.41) is 0. The summed E-state index contributed by atoms with van der Waals surface area (Å²) >= 11 is 0. The first kappa shape index (κ1) is 15.0. The number of hydrogen-bond donors (Lipinski definition) is 1. The van der Waals surface area contributed by atoms with Crippen LogP contribution in [0.15, 0.2) is 18.2 Å². The second-order valence-electron chi connectivity index (χ2n) is 5.64. The minimum atomic E-state index is -0.438. The molecule has 0 saturated heterocycles. The predicted octanol–water partition coefficient (Wildman–Crippen LogP) is 2.87. The van der Waals surface area contributed by atoms with Crippen molar-refractivity contribution in [3.8, 4) is 0 Å². The van der Waals surface area contributed by atoms with Crippen molar-refractivity contribution in [2.75, 3.05) is 6.54 Å². The van der Waals surface area contributed by atoms with E-state index in [2.05, 4.69) is 0 Å². The molecule has 2 rings (SSSR count). The molecule has 0 bridgehead atoms. The lowest BCUT2D eigenvalue weighted by molar-refractivity contribution is 0.0636. The smallest absolute Gasteiger partial charge is 0.257 e. The van der Waals surface area contributed by atoms with Crippen molar-refractivity contribution < 1.29 is 9.18 Å². The number of nitrogens with zero attached hydrogens (tertiary/aromatic N) is 1. The summed E-state index contributed by atoms with van der Waals surface area (Å²) in [5.74, 6) is -0.638. The summed E-state index contributed by atoms with van der Waals surface area (Å²) in [6.07, 6.45) is 3.69. The van der Waals surface area contributed by atoms with E-state index in [4.69, 9.17) is 5.73 Å². The van der Waals surface area contributed by atoms with Crippen LogP contribution in [-0.4, -0.2) is 29.4 Å². The molecular formula is C16H23FN2O. The summed E-state index contributed by atoms with van der Waals surface area (Å²) in [5.41, 5.74) is 6.99. The molecule has 20 heavy (non-hydrogen) atoms. The van der Waals surface area contributed by atoms with Crippen molar-refractivity contribution in [1.82, 2.24) is 4.90 Å². The quantitative estimate of drug-likeness (QED) is 0.924. The van der Waals surface area contributed by atoms with Gasteiger partial charge in [-0.2, -0.15) is 0 Å². The number of carbonyl (C=O) groups excluding carboxylic acids is 1. The van der Waals surface area contributed by atoms with E-state index in [1.165, 1.54) is 6.07 Å². The average molecular weight is 278 g/mol. The molecule has 0 heterocycles. The first-order chi connectivity index (χ1) is 9.52. The van der Waals surface area contributed by atoms with Gasteiger partial charge in [-0.05, 0) is 51.7 Å². The lowest BCUT2D eigenvalue weighted by Crippen LogP contribution is -2.44. The predicted molar refractivity (Wildman–Crippen MR) is 78.1 cm³/mol. The molecule has 1 fully saturated rings. The summed E-state index contributed by atoms with van der Waals surface area (Å²) in [6.45, 7) is 4.42. The molecule has 1 aliphatic rings. The second-order valence-corrected chi connectivity index (χ2v) is 5.64. The Morgan fingerprint density at radius 1 is 1.35 bits per heavy atom. The van der Waals surface area contributed by atoms with Gasteiger partial charge in [-0.1, -0.05) is 11.6 Å². The second kappa shape index (κ2) is 6.35. The van der Waals surface area contributed by atoms with E-state index in [0.29, 0.717) is 6.54 Å². The van der Waals surface area contributed by atoms with Gasteiger partial charge < -0.3 is 10.6 Å². The van der Waals surface area contributed by atoms with Crippen LogP contribution in [0.1, 0.15) is 48.5 Å². The van der Waals surface area contributed by atoms with Gasteiger partial charge in [0, 0.05) is 18.6 Å². The molecule has 3 nitrogen and oxygen atoms in total. The molecular weight excluding hydrogens is 255 g/mol. The Morgan fingerprint density at radius 3 is 2.60 bits per heavy atom. The Bertz CT molecular complexity index is 481. The van der Waals surface area contributed by atoms with Gasteiger partial charge in [-0.15, -0.1) is 0 Å². The Hall–Kier alpha value is -1.42. The van der Waals surface area contributed by atoms with Crippen LogP contribution in [0, 0.1) is 12.7 Å². The number of amides is 1. The zero-order valence-electron chi connectivity index (χ0n) is 12.2. The third-order valence-corrected chi connectivity index (χ3v) is 4.14. The van der Waals surface area contributed by atoms with Gasteiger partial charge in [0.05, 0.1) is 5.56 Å². The van der Waals surface area contributed by atoms with E-state index in [-0.39, 0.29) is 23.6 Å². The summed E-state index contributed by atoms with van der Waals surface area (Å²) in [4.78, 5) is 14.4. The molecule has 0 atom stereocenters. The molecule has 0 spiro atoms. The van der Waals surface area contributed by atoms with Crippen LogP contribution in [0.2, 0.25) is 0 Å². The van der Waals surface area contributed by atoms with E-state index in [0.717, 1.165) is 31.2 Å². The highest BCUT2D eigenvalue weighted by Crippen LogP contribution is 2.24. The highest BCUT2D eigenvalue weighted by Gasteiger charge is 2.28. The number of hydrogen-bond acceptors (Lipinski definition) is 2. The molecule has 0 aliphatic heterocycles. The van der Waals surface area contributed by atoms with Crippen molar-refractivity contribution in [2.24, 2.45) is 5.73 Å². The fourth-order valence-corrected chi connectivity index (χ4v) is 2.94. The first-order valence-electron chi connectivity index (χ1n) is 7.35. The van der Waals surface area contributed by atoms with E-state index in [9.17, 15) is 9.18 Å². The number of halogens is 1. The van der Waals surface area contributed by atoms with Crippen molar-refractivity contribution in [2.45, 2.75) is 51.6 Å². The van der Waals surface area contributed by atoms with Crippen LogP contribution >= 0.6 is 0 Å². The third-order valence-electron chi connectivity index (χ3n) is 4.14. The van der Waals surface area contributed by atoms with Crippen molar-refractivity contribution in [3.05, 3.63) is 35.1 Å². The number of aryl methyl sites for hydroxylation is 1. The topological polar surface area (TPSA) is 46.3 Å². The fraction of sp³-hybridized carbons (Fsp3) is 0.562. The third kappa shape index (κ3) is 3.18. The Morgan fingerprint density at radius 2 is 2.00 bits per heavy atom. The summed E-state index contributed by atoms with van der Waals surface area (Å²) in [7, 11) is 0. The van der Waals surface area contributed by atoms with Crippen molar-refractivity contribution >= 4 is 5.91 Å². The number of nitrogens with two attached hydrogens (primary N) is 1. The van der Waals surface area contributed by atoms with Gasteiger partial charge in [0.2, 0.25) is 0 Å². The van der Waals surface area contributed by atoms with Crippen LogP contribution in [0.5, 0.6) is 0 Å². The van der Waals surface area contributed by atoms with Crippen LogP contribution in [0.3, 0.4) is 0 Å². The van der Waals surface area contributed by atoms with Gasteiger partial charge in [0.15, 0.2) is 0 Å². The maximum Gasteiger partial charge on any atom is 0.257 e. The highest BCUT2D eigenvalue weighted by atomic mass is 19.1. The first-order valence-corrected chi connectivity index (χ1v) is 7.35. The minimum absolute atomic E-state index is 0.182. The molecule has 4 heteroatoms. The van der Waals surface area contributed by atoms with Crippen LogP contribution in [0.25, 0.3) is 0 Å². The van der Waals surface area contributed by atoms with Gasteiger partial charge in [-0.3, -0.25) is 4.79 Å². The number of rotatable bonds is 3. The SMILES string of the molecule is CCN(C(=O)c1cc(C)ccc1F)C1CCC(N)CC1. The van der Waals surface area contributed by atoms with Gasteiger partial charge in [0.1, 0.15) is 5.82 Å². The maximum atomic E-state index is 13.9. The largest absolute Gasteiger partial charge is 0.336 e. The van der Waals surface area contributed by atoms with E-state index < -0.39 is 5.82 Å². The highest BCUT2D eigenvalue weighted by molar-refractivity contribution is 5.94. The Balaban J connectivity index is 2.18. The average Bonchev–Trinajstić information content (AvgIpc) is 2.44. The zero-order valence-corrected chi connectivity index (χ0v) is 12.2. The normalized spacial score (nSPS) is 22.6. The van der Waals surface area contributed by atoms with E-state index in [1.54, 1.807) is 17.0 Å². The van der Waals surface area contributed by atoms with Crippen LogP contribution < -0.4 is 5.73 Å². The number of carbonyl (C=O) groups is 1. The number of benzene rings is 1. The van der Waals surface area contributed by atoms with E-state index >= 15 is 0 Å². The molecule has 2 N–H and O–H groups in total.